The summed E-state index contributed by atoms with van der Waals surface area (Å²) in [5.74, 6) is -0.600. The van der Waals surface area contributed by atoms with Gasteiger partial charge in [-0.3, -0.25) is 4.90 Å². The van der Waals surface area contributed by atoms with E-state index in [0.29, 0.717) is 38.4 Å². The van der Waals surface area contributed by atoms with Crippen molar-refractivity contribution in [2.24, 2.45) is 0 Å². The first kappa shape index (κ1) is 20.9. The molecule has 0 spiro atoms. The van der Waals surface area contributed by atoms with Gasteiger partial charge in [-0.2, -0.15) is 10.2 Å². The molecule has 160 valence electrons. The zero-order chi connectivity index (χ0) is 21.6. The maximum atomic E-state index is 13.5. The number of benzene rings is 2. The molecule has 0 atom stereocenters. The van der Waals surface area contributed by atoms with Gasteiger partial charge in [0.25, 0.3) is 0 Å². The first-order valence-electron chi connectivity index (χ1n) is 10.1. The highest BCUT2D eigenvalue weighted by Crippen LogP contribution is 2.30. The quantitative estimate of drug-likeness (QED) is 0.684. The molecule has 6 nitrogen and oxygen atoms in total. The molecule has 4 rings (SSSR count). The second-order valence-electron chi connectivity index (χ2n) is 7.40. The fourth-order valence-corrected chi connectivity index (χ4v) is 3.79. The zero-order valence-electron chi connectivity index (χ0n) is 16.9. The summed E-state index contributed by atoms with van der Waals surface area (Å²) in [4.78, 5) is 16.5. The Hall–Kier alpha value is -3.39. The molecule has 1 saturated heterocycles. The number of hydrogen-bond acceptors (Lipinski definition) is 4. The molecule has 0 radical (unpaired) electrons. The number of nitrogens with zero attached hydrogens (tertiary/aromatic N) is 4. The van der Waals surface area contributed by atoms with Crippen LogP contribution in [0.2, 0.25) is 0 Å². The molecular weight excluding hydrogens is 400 g/mol. The van der Waals surface area contributed by atoms with E-state index in [1.807, 2.05) is 0 Å². The van der Waals surface area contributed by atoms with Crippen LogP contribution in [0, 0.1) is 11.6 Å². The Labute approximate surface area is 179 Å². The number of carbonyl (C=O) groups excluding carboxylic acids is 1. The van der Waals surface area contributed by atoms with E-state index in [4.69, 9.17) is 0 Å². The van der Waals surface area contributed by atoms with Crippen molar-refractivity contribution in [2.75, 3.05) is 26.2 Å². The van der Waals surface area contributed by atoms with Crippen molar-refractivity contribution < 1.29 is 13.6 Å². The summed E-state index contributed by atoms with van der Waals surface area (Å²) in [5.41, 5.74) is 2.55. The number of urea groups is 1. The zero-order valence-corrected chi connectivity index (χ0v) is 16.9. The van der Waals surface area contributed by atoms with Gasteiger partial charge in [-0.15, -0.1) is 0 Å². The molecule has 1 aromatic heterocycles. The van der Waals surface area contributed by atoms with E-state index >= 15 is 0 Å². The first-order chi connectivity index (χ1) is 15.1. The van der Waals surface area contributed by atoms with E-state index in [9.17, 15) is 13.6 Å². The Kier molecular flexibility index (Phi) is 6.47. The van der Waals surface area contributed by atoms with Crippen molar-refractivity contribution >= 4 is 6.03 Å². The largest absolute Gasteiger partial charge is 0.332 e. The van der Waals surface area contributed by atoms with E-state index in [0.717, 1.165) is 11.1 Å². The van der Waals surface area contributed by atoms with Crippen LogP contribution >= 0.6 is 0 Å². The van der Waals surface area contributed by atoms with Crippen molar-refractivity contribution in [3.05, 3.63) is 95.3 Å². The molecule has 1 aliphatic heterocycles. The van der Waals surface area contributed by atoms with E-state index in [1.165, 1.54) is 24.3 Å². The molecule has 3 aromatic rings. The van der Waals surface area contributed by atoms with Crippen LogP contribution in [0.25, 0.3) is 0 Å². The van der Waals surface area contributed by atoms with Crippen LogP contribution in [-0.4, -0.2) is 52.2 Å². The summed E-state index contributed by atoms with van der Waals surface area (Å²) in [5, 5.41) is 10.6. The summed E-state index contributed by atoms with van der Waals surface area (Å²) >= 11 is 0. The van der Waals surface area contributed by atoms with Crippen molar-refractivity contribution in [1.82, 2.24) is 25.3 Å². The molecule has 1 fully saturated rings. The predicted octanol–water partition coefficient (Wildman–Crippen LogP) is 3.37. The summed E-state index contributed by atoms with van der Waals surface area (Å²) in [6, 6.07) is 16.0. The van der Waals surface area contributed by atoms with Gasteiger partial charge in [0.1, 0.15) is 11.6 Å². The lowest BCUT2D eigenvalue weighted by Crippen LogP contribution is -2.52. The molecule has 0 bridgehead atoms. The van der Waals surface area contributed by atoms with Crippen molar-refractivity contribution in [3.8, 4) is 0 Å². The Morgan fingerprint density at radius 2 is 1.48 bits per heavy atom. The van der Waals surface area contributed by atoms with Gasteiger partial charge in [-0.25, -0.2) is 13.6 Å². The van der Waals surface area contributed by atoms with Crippen LogP contribution < -0.4 is 5.32 Å². The highest BCUT2D eigenvalue weighted by molar-refractivity contribution is 5.74. The summed E-state index contributed by atoms with van der Waals surface area (Å²) in [7, 11) is 0. The lowest BCUT2D eigenvalue weighted by atomic mass is 9.96. The van der Waals surface area contributed by atoms with Crippen LogP contribution in [0.4, 0.5) is 13.6 Å². The lowest BCUT2D eigenvalue weighted by Gasteiger charge is -2.39. The van der Waals surface area contributed by atoms with Gasteiger partial charge in [-0.1, -0.05) is 24.3 Å². The van der Waals surface area contributed by atoms with E-state index in [2.05, 4.69) is 20.4 Å². The molecule has 2 heterocycles. The van der Waals surface area contributed by atoms with Gasteiger partial charge in [-0.05, 0) is 47.5 Å². The van der Waals surface area contributed by atoms with Crippen molar-refractivity contribution in [1.29, 1.82) is 0 Å². The third-order valence-corrected chi connectivity index (χ3v) is 5.39. The Morgan fingerprint density at radius 1 is 0.903 bits per heavy atom. The number of piperazine rings is 1. The van der Waals surface area contributed by atoms with Gasteiger partial charge in [0.2, 0.25) is 0 Å². The average molecular weight is 423 g/mol. The summed E-state index contributed by atoms with van der Waals surface area (Å²) in [6.45, 7) is 2.69. The molecular formula is C23H23F2N5O. The summed E-state index contributed by atoms with van der Waals surface area (Å²) in [6.07, 6.45) is 1.59. The third-order valence-electron chi connectivity index (χ3n) is 5.39. The van der Waals surface area contributed by atoms with Gasteiger partial charge in [0.05, 0.1) is 18.3 Å². The van der Waals surface area contributed by atoms with Crippen LogP contribution in [0.15, 0.2) is 66.9 Å². The lowest BCUT2D eigenvalue weighted by molar-refractivity contribution is 0.120. The number of nitrogens with one attached hydrogen (secondary N) is 1. The minimum atomic E-state index is -0.300. The van der Waals surface area contributed by atoms with Gasteiger partial charge in [0, 0.05) is 32.4 Å². The highest BCUT2D eigenvalue weighted by atomic mass is 19.1. The molecule has 31 heavy (non-hydrogen) atoms. The minimum Gasteiger partial charge on any atom is -0.332 e. The SMILES string of the molecule is O=C(NCc1cccnn1)N1CCN(C(c2ccc(F)cc2)c2ccc(F)cc2)CC1. The number of aromatic nitrogens is 2. The molecule has 8 heteroatoms. The van der Waals surface area contributed by atoms with Gasteiger partial charge >= 0.3 is 6.03 Å². The highest BCUT2D eigenvalue weighted by Gasteiger charge is 2.28. The number of hydrogen-bond donors (Lipinski definition) is 1. The Morgan fingerprint density at radius 3 is 2.00 bits per heavy atom. The maximum absolute atomic E-state index is 13.5. The Bertz CT molecular complexity index is 945. The third kappa shape index (κ3) is 5.21. The molecule has 0 saturated carbocycles. The maximum Gasteiger partial charge on any atom is 0.317 e. The smallest absolute Gasteiger partial charge is 0.317 e. The summed E-state index contributed by atoms with van der Waals surface area (Å²) < 4.78 is 26.9. The molecule has 0 aliphatic carbocycles. The predicted molar refractivity (Wildman–Crippen MR) is 112 cm³/mol. The molecule has 2 amide bonds. The fourth-order valence-electron chi connectivity index (χ4n) is 3.79. The monoisotopic (exact) mass is 423 g/mol. The van der Waals surface area contributed by atoms with E-state index in [-0.39, 0.29) is 23.7 Å². The van der Waals surface area contributed by atoms with Crippen LogP contribution in [0.1, 0.15) is 22.9 Å². The minimum absolute atomic E-state index is 0.147. The molecule has 1 N–H and O–H groups in total. The van der Waals surface area contributed by atoms with E-state index in [1.54, 1.807) is 47.5 Å². The van der Waals surface area contributed by atoms with Crippen molar-refractivity contribution in [3.63, 3.8) is 0 Å². The molecule has 2 aromatic carbocycles. The van der Waals surface area contributed by atoms with Crippen LogP contribution in [-0.2, 0) is 6.54 Å². The second-order valence-corrected chi connectivity index (χ2v) is 7.40. The van der Waals surface area contributed by atoms with Crippen LogP contribution in [0.3, 0.4) is 0 Å². The molecule has 1 aliphatic rings. The average Bonchev–Trinajstić information content (AvgIpc) is 2.81. The second kappa shape index (κ2) is 9.61. The number of amides is 2. The topological polar surface area (TPSA) is 61.4 Å². The van der Waals surface area contributed by atoms with Gasteiger partial charge in [0.15, 0.2) is 0 Å². The molecule has 0 unspecified atom stereocenters. The van der Waals surface area contributed by atoms with Crippen LogP contribution in [0.5, 0.6) is 0 Å². The first-order valence-corrected chi connectivity index (χ1v) is 10.1. The number of carbonyl (C=O) groups is 1. The number of halogens is 2. The number of rotatable bonds is 5. The van der Waals surface area contributed by atoms with E-state index < -0.39 is 0 Å². The fraction of sp³-hybridized carbons (Fsp3) is 0.261. The normalized spacial score (nSPS) is 14.6. The van der Waals surface area contributed by atoms with Crippen molar-refractivity contribution in [2.45, 2.75) is 12.6 Å². The van der Waals surface area contributed by atoms with Gasteiger partial charge < -0.3 is 10.2 Å². The standard InChI is InChI=1S/C23H23F2N5O/c24-19-7-3-17(4-8-19)22(18-5-9-20(25)10-6-18)29-12-14-30(15-13-29)23(31)26-16-21-2-1-11-27-28-21/h1-11,22H,12-16H2,(H,26,31). The Balaban J connectivity index is 1.43.